The SMILES string of the molecule is CP(C)(=O)OCC(=O)c1ccccc1Cl. The van der Waals surface area contributed by atoms with Gasteiger partial charge in [-0.1, -0.05) is 23.7 Å². The fraction of sp³-hybridized carbons (Fsp3) is 0.300. The predicted molar refractivity (Wildman–Crippen MR) is 61.2 cm³/mol. The van der Waals surface area contributed by atoms with Crippen molar-refractivity contribution in [3.8, 4) is 0 Å². The van der Waals surface area contributed by atoms with Gasteiger partial charge in [0.15, 0.2) is 13.2 Å². The molecule has 0 radical (unpaired) electrons. The van der Waals surface area contributed by atoms with Gasteiger partial charge in [-0.05, 0) is 12.1 Å². The number of halogens is 1. The smallest absolute Gasteiger partial charge is 0.197 e. The van der Waals surface area contributed by atoms with Gasteiger partial charge >= 0.3 is 0 Å². The van der Waals surface area contributed by atoms with Gasteiger partial charge in [0.05, 0.1) is 5.02 Å². The molecule has 0 aromatic heterocycles. The Bertz CT molecular complexity index is 411. The Morgan fingerprint density at radius 2 is 2.00 bits per heavy atom. The van der Waals surface area contributed by atoms with E-state index < -0.39 is 7.37 Å². The van der Waals surface area contributed by atoms with Crippen LogP contribution >= 0.6 is 19.0 Å². The van der Waals surface area contributed by atoms with E-state index in [9.17, 15) is 9.36 Å². The van der Waals surface area contributed by atoms with E-state index in [4.69, 9.17) is 16.1 Å². The number of Topliss-reactive ketones (excluding diaryl/α,β-unsaturated/α-hetero) is 1. The van der Waals surface area contributed by atoms with Crippen LogP contribution in [0.25, 0.3) is 0 Å². The highest BCUT2D eigenvalue weighted by atomic mass is 35.5. The molecular weight excluding hydrogens is 235 g/mol. The minimum Gasteiger partial charge on any atom is -0.320 e. The zero-order valence-electron chi connectivity index (χ0n) is 8.57. The number of hydrogen-bond acceptors (Lipinski definition) is 3. The molecule has 5 heteroatoms. The average molecular weight is 247 g/mol. The lowest BCUT2D eigenvalue weighted by molar-refractivity contribution is 0.0924. The molecule has 0 unspecified atom stereocenters. The maximum atomic E-state index is 11.6. The summed E-state index contributed by atoms with van der Waals surface area (Å²) in [5, 5.41) is 0.383. The number of benzene rings is 1. The first-order valence-corrected chi connectivity index (χ1v) is 7.27. The molecule has 0 saturated carbocycles. The topological polar surface area (TPSA) is 43.4 Å². The first-order chi connectivity index (χ1) is 6.90. The van der Waals surface area contributed by atoms with E-state index in [0.717, 1.165) is 0 Å². The van der Waals surface area contributed by atoms with Gasteiger partial charge < -0.3 is 4.52 Å². The number of rotatable bonds is 4. The third-order valence-electron chi connectivity index (χ3n) is 1.68. The van der Waals surface area contributed by atoms with Gasteiger partial charge in [0.2, 0.25) is 0 Å². The van der Waals surface area contributed by atoms with Crippen molar-refractivity contribution in [3.05, 3.63) is 34.9 Å². The molecule has 0 aliphatic carbocycles. The minimum atomic E-state index is -2.62. The van der Waals surface area contributed by atoms with Gasteiger partial charge in [-0.3, -0.25) is 9.36 Å². The summed E-state index contributed by atoms with van der Waals surface area (Å²) in [7, 11) is -2.62. The van der Waals surface area contributed by atoms with Crippen molar-refractivity contribution in [2.75, 3.05) is 19.9 Å². The van der Waals surface area contributed by atoms with Crippen molar-refractivity contribution < 1.29 is 13.9 Å². The van der Waals surface area contributed by atoms with Crippen molar-refractivity contribution in [3.63, 3.8) is 0 Å². The maximum Gasteiger partial charge on any atom is 0.197 e. The van der Waals surface area contributed by atoms with Gasteiger partial charge in [0.25, 0.3) is 0 Å². The highest BCUT2D eigenvalue weighted by Gasteiger charge is 2.14. The van der Waals surface area contributed by atoms with E-state index >= 15 is 0 Å². The Morgan fingerprint density at radius 1 is 1.40 bits per heavy atom. The summed E-state index contributed by atoms with van der Waals surface area (Å²) in [5.41, 5.74) is 0.396. The molecule has 0 heterocycles. The molecule has 0 spiro atoms. The molecule has 0 aliphatic heterocycles. The maximum absolute atomic E-state index is 11.6. The van der Waals surface area contributed by atoms with Crippen LogP contribution in [0.15, 0.2) is 24.3 Å². The molecule has 82 valence electrons. The second kappa shape index (κ2) is 4.93. The van der Waals surface area contributed by atoms with Crippen LogP contribution in [0.4, 0.5) is 0 Å². The van der Waals surface area contributed by atoms with Crippen LogP contribution < -0.4 is 0 Å². The molecule has 1 aromatic carbocycles. The van der Waals surface area contributed by atoms with Crippen LogP contribution in [-0.4, -0.2) is 25.7 Å². The van der Waals surface area contributed by atoms with Crippen LogP contribution in [0.1, 0.15) is 10.4 Å². The van der Waals surface area contributed by atoms with E-state index in [-0.39, 0.29) is 12.4 Å². The summed E-state index contributed by atoms with van der Waals surface area (Å²) in [6.07, 6.45) is 0. The standard InChI is InChI=1S/C10H12ClO3P/c1-15(2,13)14-7-10(12)8-5-3-4-6-9(8)11/h3-6H,7H2,1-2H3. The van der Waals surface area contributed by atoms with Gasteiger partial charge in [-0.25, -0.2) is 0 Å². The fourth-order valence-corrected chi connectivity index (χ4v) is 1.65. The first kappa shape index (κ1) is 12.4. The zero-order chi connectivity index (χ0) is 11.5. The molecule has 0 N–H and O–H groups in total. The molecule has 0 amide bonds. The Hall–Kier alpha value is -0.630. The van der Waals surface area contributed by atoms with Crippen LogP contribution in [0, 0.1) is 0 Å². The van der Waals surface area contributed by atoms with Gasteiger partial charge in [0, 0.05) is 18.9 Å². The quantitative estimate of drug-likeness (QED) is 0.606. The van der Waals surface area contributed by atoms with Gasteiger partial charge in [-0.15, -0.1) is 0 Å². The Morgan fingerprint density at radius 3 is 2.53 bits per heavy atom. The van der Waals surface area contributed by atoms with Crippen molar-refractivity contribution in [2.24, 2.45) is 0 Å². The first-order valence-electron chi connectivity index (χ1n) is 4.37. The molecule has 15 heavy (non-hydrogen) atoms. The summed E-state index contributed by atoms with van der Waals surface area (Å²) >= 11 is 5.82. The molecule has 0 aliphatic rings. The summed E-state index contributed by atoms with van der Waals surface area (Å²) in [6.45, 7) is 2.73. The van der Waals surface area contributed by atoms with Gasteiger partial charge in [0.1, 0.15) is 6.61 Å². The second-order valence-corrected chi connectivity index (χ2v) is 6.60. The number of carbonyl (C=O) groups excluding carboxylic acids is 1. The Labute approximate surface area is 93.8 Å². The highest BCUT2D eigenvalue weighted by molar-refractivity contribution is 7.57. The molecule has 1 rings (SSSR count). The second-order valence-electron chi connectivity index (χ2n) is 3.43. The molecule has 0 fully saturated rings. The summed E-state index contributed by atoms with van der Waals surface area (Å²) < 4.78 is 16.2. The van der Waals surface area contributed by atoms with Gasteiger partial charge in [-0.2, -0.15) is 0 Å². The number of hydrogen-bond donors (Lipinski definition) is 0. The van der Waals surface area contributed by atoms with E-state index in [1.807, 2.05) is 0 Å². The Kier molecular flexibility index (Phi) is 4.09. The normalized spacial score (nSPS) is 11.4. The van der Waals surface area contributed by atoms with E-state index in [1.165, 1.54) is 13.3 Å². The molecular formula is C10H12ClO3P. The molecule has 0 saturated heterocycles. The molecule has 1 aromatic rings. The van der Waals surface area contributed by atoms with E-state index in [0.29, 0.717) is 10.6 Å². The monoisotopic (exact) mass is 246 g/mol. The predicted octanol–water partition coefficient (Wildman–Crippen LogP) is 3.08. The third-order valence-corrected chi connectivity index (χ3v) is 2.76. The summed E-state index contributed by atoms with van der Waals surface area (Å²) in [4.78, 5) is 11.6. The van der Waals surface area contributed by atoms with Crippen LogP contribution in [0.2, 0.25) is 5.02 Å². The van der Waals surface area contributed by atoms with E-state index in [1.54, 1.807) is 24.3 Å². The number of ketones is 1. The van der Waals surface area contributed by atoms with Crippen LogP contribution in [-0.2, 0) is 9.09 Å². The minimum absolute atomic E-state index is 0.200. The summed E-state index contributed by atoms with van der Waals surface area (Å²) in [5.74, 6) is -0.260. The largest absolute Gasteiger partial charge is 0.320 e. The average Bonchev–Trinajstić information content (AvgIpc) is 2.14. The highest BCUT2D eigenvalue weighted by Crippen LogP contribution is 2.37. The molecule has 0 bridgehead atoms. The summed E-state index contributed by atoms with van der Waals surface area (Å²) in [6, 6.07) is 6.71. The van der Waals surface area contributed by atoms with Crippen LogP contribution in [0.5, 0.6) is 0 Å². The number of carbonyl (C=O) groups is 1. The van der Waals surface area contributed by atoms with Crippen molar-refractivity contribution >= 4 is 24.8 Å². The zero-order valence-corrected chi connectivity index (χ0v) is 10.2. The van der Waals surface area contributed by atoms with Crippen LogP contribution in [0.3, 0.4) is 0 Å². The van der Waals surface area contributed by atoms with E-state index in [2.05, 4.69) is 0 Å². The van der Waals surface area contributed by atoms with Crippen molar-refractivity contribution in [1.82, 2.24) is 0 Å². The molecule has 3 nitrogen and oxygen atoms in total. The van der Waals surface area contributed by atoms with Crippen molar-refractivity contribution in [1.29, 1.82) is 0 Å². The lowest BCUT2D eigenvalue weighted by atomic mass is 10.1. The fourth-order valence-electron chi connectivity index (χ4n) is 0.979. The lowest BCUT2D eigenvalue weighted by Gasteiger charge is -2.08. The Balaban J connectivity index is 2.71. The lowest BCUT2D eigenvalue weighted by Crippen LogP contribution is -2.08. The third kappa shape index (κ3) is 4.17. The molecule has 0 atom stereocenters. The van der Waals surface area contributed by atoms with Crippen molar-refractivity contribution in [2.45, 2.75) is 0 Å².